The van der Waals surface area contributed by atoms with Crippen molar-refractivity contribution in [2.45, 2.75) is 57.1 Å². The molecule has 0 heterocycles. The van der Waals surface area contributed by atoms with E-state index in [1.807, 2.05) is 0 Å². The molecular weight excluding hydrogens is 178 g/mol. The average molecular weight is 201 g/mol. The van der Waals surface area contributed by atoms with Gasteiger partial charge in [-0.1, -0.05) is 19.3 Å². The van der Waals surface area contributed by atoms with Crippen LogP contribution in [0.1, 0.15) is 46.0 Å². The predicted octanol–water partition coefficient (Wildman–Crippen LogP) is 1.44. The van der Waals surface area contributed by atoms with Crippen LogP contribution in [-0.4, -0.2) is 29.5 Å². The Bertz CT molecular complexity index is 169. The van der Waals surface area contributed by atoms with Crippen LogP contribution in [0.25, 0.3) is 0 Å². The van der Waals surface area contributed by atoms with Crippen LogP contribution in [0.15, 0.2) is 0 Å². The number of rotatable bonds is 4. The Morgan fingerprint density at radius 2 is 1.86 bits per heavy atom. The van der Waals surface area contributed by atoms with Crippen molar-refractivity contribution in [2.75, 3.05) is 13.2 Å². The third kappa shape index (κ3) is 4.40. The Labute approximate surface area is 86.6 Å². The minimum atomic E-state index is -0.745. The van der Waals surface area contributed by atoms with E-state index in [4.69, 9.17) is 10.5 Å². The maximum absolute atomic E-state index is 9.47. The van der Waals surface area contributed by atoms with E-state index in [2.05, 4.69) is 0 Å². The normalized spacial score (nSPS) is 22.3. The third-order valence-electron chi connectivity index (χ3n) is 2.69. The zero-order valence-corrected chi connectivity index (χ0v) is 9.38. The summed E-state index contributed by atoms with van der Waals surface area (Å²) in [6, 6.07) is 0. The van der Waals surface area contributed by atoms with Gasteiger partial charge in [-0.25, -0.2) is 0 Å². The van der Waals surface area contributed by atoms with E-state index >= 15 is 0 Å². The third-order valence-corrected chi connectivity index (χ3v) is 2.69. The fraction of sp³-hybridized carbons (Fsp3) is 1.00. The van der Waals surface area contributed by atoms with Crippen molar-refractivity contribution >= 4 is 0 Å². The summed E-state index contributed by atoms with van der Waals surface area (Å²) in [5.74, 6) is 0. The molecule has 1 aliphatic rings. The molecule has 3 nitrogen and oxygen atoms in total. The molecule has 1 fully saturated rings. The molecule has 3 N–H and O–H groups in total. The summed E-state index contributed by atoms with van der Waals surface area (Å²) in [5, 5.41) is 9.47. The second-order valence-electron chi connectivity index (χ2n) is 5.23. The van der Waals surface area contributed by atoms with Gasteiger partial charge in [-0.2, -0.15) is 0 Å². The molecule has 0 saturated heterocycles. The summed E-state index contributed by atoms with van der Waals surface area (Å²) in [5.41, 5.74) is 5.30. The molecule has 0 spiro atoms. The van der Waals surface area contributed by atoms with E-state index in [1.165, 1.54) is 19.3 Å². The van der Waals surface area contributed by atoms with Gasteiger partial charge in [0.05, 0.1) is 18.8 Å². The molecule has 0 aromatic rings. The molecule has 0 unspecified atom stereocenters. The van der Waals surface area contributed by atoms with Crippen molar-refractivity contribution in [2.24, 2.45) is 5.73 Å². The van der Waals surface area contributed by atoms with Gasteiger partial charge >= 0.3 is 0 Å². The first kappa shape index (κ1) is 12.0. The van der Waals surface area contributed by atoms with Crippen molar-refractivity contribution in [3.63, 3.8) is 0 Å². The van der Waals surface area contributed by atoms with Gasteiger partial charge in [0, 0.05) is 5.54 Å². The molecular formula is C11H23NO2. The summed E-state index contributed by atoms with van der Waals surface area (Å²) >= 11 is 0. The molecule has 0 atom stereocenters. The van der Waals surface area contributed by atoms with Crippen molar-refractivity contribution < 1.29 is 9.84 Å². The first-order chi connectivity index (χ1) is 6.41. The number of hydrogen-bond acceptors (Lipinski definition) is 3. The molecule has 1 saturated carbocycles. The zero-order chi connectivity index (χ0) is 10.7. The summed E-state index contributed by atoms with van der Waals surface area (Å²) < 4.78 is 5.47. The van der Waals surface area contributed by atoms with Crippen LogP contribution in [0.2, 0.25) is 0 Å². The van der Waals surface area contributed by atoms with Crippen molar-refractivity contribution in [1.29, 1.82) is 0 Å². The van der Waals surface area contributed by atoms with Crippen molar-refractivity contribution in [1.82, 2.24) is 0 Å². The molecule has 1 rings (SSSR count). The second-order valence-corrected chi connectivity index (χ2v) is 5.23. The number of ether oxygens (including phenoxy) is 1. The highest BCUT2D eigenvalue weighted by Crippen LogP contribution is 2.26. The van der Waals surface area contributed by atoms with Crippen LogP contribution in [0.5, 0.6) is 0 Å². The van der Waals surface area contributed by atoms with Crippen LogP contribution >= 0.6 is 0 Å². The van der Waals surface area contributed by atoms with E-state index < -0.39 is 5.60 Å². The van der Waals surface area contributed by atoms with E-state index in [1.54, 1.807) is 13.8 Å². The number of aliphatic hydroxyl groups is 1. The molecule has 3 heteroatoms. The van der Waals surface area contributed by atoms with Gasteiger partial charge in [-0.3, -0.25) is 0 Å². The Hall–Kier alpha value is -0.120. The molecule has 0 amide bonds. The van der Waals surface area contributed by atoms with Gasteiger partial charge in [0.2, 0.25) is 0 Å². The Morgan fingerprint density at radius 1 is 1.29 bits per heavy atom. The molecule has 0 bridgehead atoms. The van der Waals surface area contributed by atoms with Crippen LogP contribution in [0.4, 0.5) is 0 Å². The minimum Gasteiger partial charge on any atom is -0.388 e. The van der Waals surface area contributed by atoms with Gasteiger partial charge in [0.25, 0.3) is 0 Å². The highest BCUT2D eigenvalue weighted by molar-refractivity contribution is 4.87. The SMILES string of the molecule is CC(C)(O)COCC1(N)CCCCC1. The fourth-order valence-corrected chi connectivity index (χ4v) is 1.90. The number of hydrogen-bond donors (Lipinski definition) is 2. The lowest BCUT2D eigenvalue weighted by atomic mass is 9.83. The summed E-state index contributed by atoms with van der Waals surface area (Å²) in [6.45, 7) is 4.44. The van der Waals surface area contributed by atoms with Crippen molar-refractivity contribution in [3.8, 4) is 0 Å². The highest BCUT2D eigenvalue weighted by Gasteiger charge is 2.28. The lowest BCUT2D eigenvalue weighted by Gasteiger charge is -2.33. The van der Waals surface area contributed by atoms with Crippen LogP contribution < -0.4 is 5.73 Å². The maximum atomic E-state index is 9.47. The maximum Gasteiger partial charge on any atom is 0.0824 e. The second kappa shape index (κ2) is 4.60. The largest absolute Gasteiger partial charge is 0.388 e. The summed E-state index contributed by atoms with van der Waals surface area (Å²) in [7, 11) is 0. The average Bonchev–Trinajstić information content (AvgIpc) is 2.02. The van der Waals surface area contributed by atoms with Crippen LogP contribution in [0.3, 0.4) is 0 Å². The predicted molar refractivity (Wildman–Crippen MR) is 57.1 cm³/mol. The lowest BCUT2D eigenvalue weighted by molar-refractivity contribution is -0.0382. The lowest BCUT2D eigenvalue weighted by Crippen LogP contribution is -2.47. The van der Waals surface area contributed by atoms with E-state index in [9.17, 15) is 5.11 Å². The Morgan fingerprint density at radius 3 is 2.36 bits per heavy atom. The molecule has 0 aromatic heterocycles. The van der Waals surface area contributed by atoms with E-state index in [-0.39, 0.29) is 5.54 Å². The molecule has 1 aliphatic carbocycles. The summed E-state index contributed by atoms with van der Waals surface area (Å²) in [4.78, 5) is 0. The van der Waals surface area contributed by atoms with Crippen LogP contribution in [0, 0.1) is 0 Å². The van der Waals surface area contributed by atoms with E-state index in [0.29, 0.717) is 13.2 Å². The number of nitrogens with two attached hydrogens (primary N) is 1. The van der Waals surface area contributed by atoms with E-state index in [0.717, 1.165) is 12.8 Å². The van der Waals surface area contributed by atoms with Gasteiger partial charge in [0.15, 0.2) is 0 Å². The summed E-state index contributed by atoms with van der Waals surface area (Å²) in [6.07, 6.45) is 5.83. The molecule has 0 radical (unpaired) electrons. The van der Waals surface area contributed by atoms with Gasteiger partial charge in [0.1, 0.15) is 0 Å². The topological polar surface area (TPSA) is 55.5 Å². The molecule has 14 heavy (non-hydrogen) atoms. The van der Waals surface area contributed by atoms with Gasteiger partial charge in [-0.15, -0.1) is 0 Å². The Kier molecular flexibility index (Phi) is 3.93. The first-order valence-electron chi connectivity index (χ1n) is 5.50. The molecule has 84 valence electrons. The fourth-order valence-electron chi connectivity index (χ4n) is 1.90. The Balaban J connectivity index is 2.22. The van der Waals surface area contributed by atoms with Crippen molar-refractivity contribution in [3.05, 3.63) is 0 Å². The molecule has 0 aromatic carbocycles. The monoisotopic (exact) mass is 201 g/mol. The van der Waals surface area contributed by atoms with Gasteiger partial charge < -0.3 is 15.6 Å². The zero-order valence-electron chi connectivity index (χ0n) is 9.38. The van der Waals surface area contributed by atoms with Gasteiger partial charge in [-0.05, 0) is 26.7 Å². The standard InChI is InChI=1S/C11H23NO2/c1-10(2,13)8-14-9-11(12)6-4-3-5-7-11/h13H,3-9,12H2,1-2H3. The van der Waals surface area contributed by atoms with Crippen LogP contribution in [-0.2, 0) is 4.74 Å². The highest BCUT2D eigenvalue weighted by atomic mass is 16.5. The minimum absolute atomic E-state index is 0.135. The quantitative estimate of drug-likeness (QED) is 0.723. The first-order valence-corrected chi connectivity index (χ1v) is 5.50. The molecule has 0 aliphatic heterocycles. The smallest absolute Gasteiger partial charge is 0.0824 e.